The highest BCUT2D eigenvalue weighted by Gasteiger charge is 2.05. The summed E-state index contributed by atoms with van der Waals surface area (Å²) in [7, 11) is 3.11. The van der Waals surface area contributed by atoms with Crippen LogP contribution in [0.1, 0.15) is 18.1 Å². The van der Waals surface area contributed by atoms with Crippen molar-refractivity contribution in [2.24, 2.45) is 5.10 Å². The first-order valence-corrected chi connectivity index (χ1v) is 5.43. The Hall–Kier alpha value is -1.84. The number of hydrazone groups is 1. The molecule has 0 aliphatic heterocycles. The molecule has 0 fully saturated rings. The van der Waals surface area contributed by atoms with Crippen molar-refractivity contribution in [1.29, 1.82) is 0 Å². The van der Waals surface area contributed by atoms with E-state index in [-0.39, 0.29) is 12.5 Å². The highest BCUT2D eigenvalue weighted by atomic mass is 16.5. The van der Waals surface area contributed by atoms with Gasteiger partial charge in [-0.15, -0.1) is 0 Å². The van der Waals surface area contributed by atoms with Crippen LogP contribution in [0.15, 0.2) is 29.4 Å². The van der Waals surface area contributed by atoms with Gasteiger partial charge in [0.2, 0.25) is 0 Å². The van der Waals surface area contributed by atoms with Crippen LogP contribution in [-0.2, 0) is 9.53 Å². The highest BCUT2D eigenvalue weighted by Crippen LogP contribution is 2.06. The number of nitrogens with zero attached hydrogens (tertiary/aromatic N) is 2. The van der Waals surface area contributed by atoms with E-state index in [1.807, 2.05) is 32.0 Å². The third-order valence-corrected chi connectivity index (χ3v) is 2.34. The maximum absolute atomic E-state index is 11.1. The van der Waals surface area contributed by atoms with Crippen molar-refractivity contribution in [2.45, 2.75) is 13.8 Å². The Morgan fingerprint density at radius 1 is 1.47 bits per heavy atom. The molecule has 0 N–H and O–H groups in total. The lowest BCUT2D eigenvalue weighted by atomic mass is 10.1. The molecule has 17 heavy (non-hydrogen) atoms. The Morgan fingerprint density at radius 2 is 2.18 bits per heavy atom. The van der Waals surface area contributed by atoms with Crippen molar-refractivity contribution < 1.29 is 9.53 Å². The van der Waals surface area contributed by atoms with Crippen LogP contribution in [0.2, 0.25) is 0 Å². The molecule has 4 heteroatoms. The van der Waals surface area contributed by atoms with E-state index in [2.05, 4.69) is 15.9 Å². The van der Waals surface area contributed by atoms with Crippen LogP contribution in [0.25, 0.3) is 0 Å². The van der Waals surface area contributed by atoms with E-state index in [1.165, 1.54) is 12.7 Å². The molecule has 1 aromatic rings. The van der Waals surface area contributed by atoms with Crippen LogP contribution in [-0.4, -0.2) is 37.4 Å². The Kier molecular flexibility index (Phi) is 4.69. The van der Waals surface area contributed by atoms with Crippen molar-refractivity contribution in [3.05, 3.63) is 35.4 Å². The molecule has 0 bridgehead atoms. The quantitative estimate of drug-likeness (QED) is 0.453. The number of aryl methyl sites for hydroxylation is 1. The number of carbonyl (C=O) groups excluding carboxylic acids is 1. The molecule has 0 spiro atoms. The molecule has 0 heterocycles. The molecule has 0 atom stereocenters. The highest BCUT2D eigenvalue weighted by molar-refractivity contribution is 5.98. The lowest BCUT2D eigenvalue weighted by molar-refractivity contribution is -0.141. The van der Waals surface area contributed by atoms with Gasteiger partial charge in [0.05, 0.1) is 12.8 Å². The monoisotopic (exact) mass is 234 g/mol. The minimum Gasteiger partial charge on any atom is -0.468 e. The van der Waals surface area contributed by atoms with Gasteiger partial charge in [-0.25, -0.2) is 0 Å². The summed E-state index contributed by atoms with van der Waals surface area (Å²) in [4.78, 5) is 11.1. The number of carbonyl (C=O) groups is 1. The minimum atomic E-state index is -0.298. The van der Waals surface area contributed by atoms with Crippen LogP contribution in [0.4, 0.5) is 0 Å². The second-order valence-electron chi connectivity index (χ2n) is 3.95. The average molecular weight is 234 g/mol. The number of hydrogen-bond donors (Lipinski definition) is 0. The molecule has 0 aromatic heterocycles. The summed E-state index contributed by atoms with van der Waals surface area (Å²) in [6, 6.07) is 8.08. The van der Waals surface area contributed by atoms with Gasteiger partial charge in [-0.3, -0.25) is 9.80 Å². The fourth-order valence-electron chi connectivity index (χ4n) is 1.47. The van der Waals surface area contributed by atoms with Crippen LogP contribution in [0.5, 0.6) is 0 Å². The predicted octanol–water partition coefficient (Wildman–Crippen LogP) is 1.82. The van der Waals surface area contributed by atoms with Crippen molar-refractivity contribution in [3.8, 4) is 0 Å². The SMILES string of the molecule is COC(=O)CN(C)N=C(C)c1cccc(C)c1. The molecule has 4 nitrogen and oxygen atoms in total. The molecule has 0 saturated heterocycles. The smallest absolute Gasteiger partial charge is 0.327 e. The van der Waals surface area contributed by atoms with Gasteiger partial charge in [0, 0.05) is 7.05 Å². The predicted molar refractivity (Wildman–Crippen MR) is 68.0 cm³/mol. The summed E-state index contributed by atoms with van der Waals surface area (Å²) in [6.45, 7) is 4.11. The van der Waals surface area contributed by atoms with E-state index in [1.54, 1.807) is 12.1 Å². The van der Waals surface area contributed by atoms with Crippen molar-refractivity contribution in [1.82, 2.24) is 5.01 Å². The Balaban J connectivity index is 2.75. The van der Waals surface area contributed by atoms with E-state index in [0.717, 1.165) is 11.3 Å². The lowest BCUT2D eigenvalue weighted by Gasteiger charge is -2.13. The van der Waals surface area contributed by atoms with Crippen molar-refractivity contribution in [3.63, 3.8) is 0 Å². The van der Waals surface area contributed by atoms with Gasteiger partial charge in [-0.1, -0.05) is 29.8 Å². The maximum atomic E-state index is 11.1. The van der Waals surface area contributed by atoms with Gasteiger partial charge in [0.15, 0.2) is 0 Å². The Morgan fingerprint density at radius 3 is 2.76 bits per heavy atom. The summed E-state index contributed by atoms with van der Waals surface area (Å²) in [5.41, 5.74) is 3.12. The van der Waals surface area contributed by atoms with Gasteiger partial charge in [0.1, 0.15) is 6.54 Å². The first kappa shape index (κ1) is 13.2. The number of ether oxygens (including phenoxy) is 1. The standard InChI is InChI=1S/C13H18N2O2/c1-10-6-5-7-12(8-10)11(2)14-15(3)9-13(16)17-4/h5-8H,9H2,1-4H3. The Bertz CT molecular complexity index is 427. The molecule has 0 aliphatic rings. The Labute approximate surface area is 102 Å². The molecule has 0 amide bonds. The van der Waals surface area contributed by atoms with Crippen LogP contribution < -0.4 is 0 Å². The van der Waals surface area contributed by atoms with Gasteiger partial charge < -0.3 is 4.74 Å². The largest absolute Gasteiger partial charge is 0.468 e. The molecule has 92 valence electrons. The normalized spacial score (nSPS) is 11.2. The van der Waals surface area contributed by atoms with Gasteiger partial charge in [-0.2, -0.15) is 5.10 Å². The van der Waals surface area contributed by atoms with E-state index >= 15 is 0 Å². The third-order valence-electron chi connectivity index (χ3n) is 2.34. The summed E-state index contributed by atoms with van der Waals surface area (Å²) in [5.74, 6) is -0.298. The molecule has 1 aromatic carbocycles. The van der Waals surface area contributed by atoms with Crippen molar-refractivity contribution in [2.75, 3.05) is 20.7 Å². The number of methoxy groups -OCH3 is 1. The fourth-order valence-corrected chi connectivity index (χ4v) is 1.47. The molecule has 0 unspecified atom stereocenters. The summed E-state index contributed by atoms with van der Waals surface area (Å²) in [5, 5.41) is 5.90. The molecule has 1 rings (SSSR count). The van der Waals surface area contributed by atoms with E-state index in [9.17, 15) is 4.79 Å². The second kappa shape index (κ2) is 6.03. The molecular weight excluding hydrogens is 216 g/mol. The first-order chi connectivity index (χ1) is 8.02. The molecule has 0 aliphatic carbocycles. The maximum Gasteiger partial charge on any atom is 0.327 e. The zero-order valence-corrected chi connectivity index (χ0v) is 10.7. The third kappa shape index (κ3) is 4.26. The number of benzene rings is 1. The van der Waals surface area contributed by atoms with Gasteiger partial charge in [0.25, 0.3) is 0 Å². The zero-order valence-electron chi connectivity index (χ0n) is 10.7. The number of hydrogen-bond acceptors (Lipinski definition) is 4. The first-order valence-electron chi connectivity index (χ1n) is 5.43. The van der Waals surface area contributed by atoms with E-state index < -0.39 is 0 Å². The average Bonchev–Trinajstić information content (AvgIpc) is 2.28. The molecule has 0 saturated carbocycles. The second-order valence-corrected chi connectivity index (χ2v) is 3.95. The number of rotatable bonds is 4. The zero-order chi connectivity index (χ0) is 12.8. The fraction of sp³-hybridized carbons (Fsp3) is 0.385. The van der Waals surface area contributed by atoms with Gasteiger partial charge >= 0.3 is 5.97 Å². The summed E-state index contributed by atoms with van der Waals surface area (Å²) < 4.78 is 4.58. The van der Waals surface area contributed by atoms with E-state index in [0.29, 0.717) is 0 Å². The lowest BCUT2D eigenvalue weighted by Crippen LogP contribution is -2.23. The van der Waals surface area contributed by atoms with E-state index in [4.69, 9.17) is 0 Å². The molecule has 0 radical (unpaired) electrons. The summed E-state index contributed by atoms with van der Waals surface area (Å²) >= 11 is 0. The van der Waals surface area contributed by atoms with Crippen LogP contribution >= 0.6 is 0 Å². The number of likely N-dealkylation sites (N-methyl/N-ethyl adjacent to an activating group) is 1. The van der Waals surface area contributed by atoms with Crippen LogP contribution in [0.3, 0.4) is 0 Å². The summed E-state index contributed by atoms with van der Waals surface area (Å²) in [6.07, 6.45) is 0. The minimum absolute atomic E-state index is 0.152. The van der Waals surface area contributed by atoms with Crippen LogP contribution in [0, 0.1) is 6.92 Å². The van der Waals surface area contributed by atoms with Crippen molar-refractivity contribution >= 4 is 11.7 Å². The topological polar surface area (TPSA) is 41.9 Å². The molecular formula is C13H18N2O2. The van der Waals surface area contributed by atoms with Gasteiger partial charge in [-0.05, 0) is 19.4 Å². The number of esters is 1.